The van der Waals surface area contributed by atoms with Gasteiger partial charge in [0.05, 0.1) is 0 Å². The molecular formula is C16H14O. The molecule has 0 bridgehead atoms. The zero-order chi connectivity index (χ0) is 11.9. The highest BCUT2D eigenvalue weighted by atomic mass is 16.1. The van der Waals surface area contributed by atoms with Gasteiger partial charge in [0.1, 0.15) is 6.29 Å². The average Bonchev–Trinajstić information content (AvgIpc) is 2.39. The van der Waals surface area contributed by atoms with Crippen LogP contribution in [0.3, 0.4) is 0 Å². The summed E-state index contributed by atoms with van der Waals surface area (Å²) in [4.78, 5) is 10.2. The summed E-state index contributed by atoms with van der Waals surface area (Å²) in [5.41, 5.74) is 3.64. The van der Waals surface area contributed by atoms with E-state index in [2.05, 4.69) is 36.4 Å². The number of hydrogen-bond acceptors (Lipinski definition) is 1. The molecular weight excluding hydrogens is 208 g/mol. The predicted octanol–water partition coefficient (Wildman–Crippen LogP) is 3.49. The van der Waals surface area contributed by atoms with Gasteiger partial charge in [0.25, 0.3) is 0 Å². The van der Waals surface area contributed by atoms with Gasteiger partial charge in [-0.3, -0.25) is 4.79 Å². The van der Waals surface area contributed by atoms with Crippen molar-refractivity contribution in [3.8, 4) is 0 Å². The van der Waals surface area contributed by atoms with E-state index in [9.17, 15) is 4.79 Å². The standard InChI is InChI=1S/C16H14O/c17-12-4-7-14-8-10-16(11-9-14)13-15-5-2-1-3-6-15/h1-12H,13H2. The van der Waals surface area contributed by atoms with Crippen molar-refractivity contribution in [1.29, 1.82) is 0 Å². The maximum Gasteiger partial charge on any atom is 0.142 e. The lowest BCUT2D eigenvalue weighted by Crippen LogP contribution is -1.87. The summed E-state index contributed by atoms with van der Waals surface area (Å²) >= 11 is 0. The molecule has 1 heteroatoms. The first-order chi connectivity index (χ1) is 8.38. The molecule has 0 aromatic heterocycles. The van der Waals surface area contributed by atoms with Gasteiger partial charge >= 0.3 is 0 Å². The lowest BCUT2D eigenvalue weighted by atomic mass is 10.0. The van der Waals surface area contributed by atoms with E-state index < -0.39 is 0 Å². The van der Waals surface area contributed by atoms with E-state index in [4.69, 9.17) is 0 Å². The molecule has 84 valence electrons. The van der Waals surface area contributed by atoms with Crippen LogP contribution in [0.15, 0.2) is 60.7 Å². The zero-order valence-corrected chi connectivity index (χ0v) is 9.54. The first-order valence-corrected chi connectivity index (χ1v) is 5.63. The largest absolute Gasteiger partial charge is 0.299 e. The fourth-order valence-corrected chi connectivity index (χ4v) is 1.73. The van der Waals surface area contributed by atoms with Crippen molar-refractivity contribution in [2.75, 3.05) is 0 Å². The number of hydrogen-bond donors (Lipinski definition) is 0. The van der Waals surface area contributed by atoms with Gasteiger partial charge in [0.2, 0.25) is 0 Å². The van der Waals surface area contributed by atoms with Gasteiger partial charge < -0.3 is 0 Å². The van der Waals surface area contributed by atoms with Crippen LogP contribution in [-0.2, 0) is 11.2 Å². The Morgan fingerprint density at radius 2 is 1.47 bits per heavy atom. The smallest absolute Gasteiger partial charge is 0.142 e. The molecule has 0 amide bonds. The van der Waals surface area contributed by atoms with Crippen LogP contribution in [0.1, 0.15) is 16.7 Å². The molecule has 0 saturated heterocycles. The van der Waals surface area contributed by atoms with E-state index in [-0.39, 0.29) is 0 Å². The fraction of sp³-hybridized carbons (Fsp3) is 0.0625. The molecule has 0 aliphatic rings. The molecule has 2 aromatic carbocycles. The van der Waals surface area contributed by atoms with Crippen molar-refractivity contribution in [2.45, 2.75) is 6.42 Å². The van der Waals surface area contributed by atoms with E-state index in [1.807, 2.05) is 18.2 Å². The zero-order valence-electron chi connectivity index (χ0n) is 9.54. The van der Waals surface area contributed by atoms with E-state index >= 15 is 0 Å². The first kappa shape index (κ1) is 11.3. The third kappa shape index (κ3) is 3.42. The van der Waals surface area contributed by atoms with Crippen molar-refractivity contribution in [2.24, 2.45) is 0 Å². The van der Waals surface area contributed by atoms with E-state index in [1.54, 1.807) is 6.08 Å². The molecule has 0 radical (unpaired) electrons. The molecule has 2 rings (SSSR count). The van der Waals surface area contributed by atoms with Crippen molar-refractivity contribution in [3.63, 3.8) is 0 Å². The third-order valence-corrected chi connectivity index (χ3v) is 2.60. The second kappa shape index (κ2) is 5.80. The van der Waals surface area contributed by atoms with Crippen LogP contribution in [0.4, 0.5) is 0 Å². The van der Waals surface area contributed by atoms with Crippen LogP contribution in [0.2, 0.25) is 0 Å². The fourth-order valence-electron chi connectivity index (χ4n) is 1.73. The van der Waals surface area contributed by atoms with Crippen LogP contribution in [0.5, 0.6) is 0 Å². The summed E-state index contributed by atoms with van der Waals surface area (Å²) in [6.07, 6.45) is 5.04. The van der Waals surface area contributed by atoms with Gasteiger partial charge in [0, 0.05) is 0 Å². The maximum atomic E-state index is 10.2. The summed E-state index contributed by atoms with van der Waals surface area (Å²) < 4.78 is 0. The highest BCUT2D eigenvalue weighted by Gasteiger charge is 1.95. The van der Waals surface area contributed by atoms with E-state index in [0.717, 1.165) is 18.3 Å². The Morgan fingerprint density at radius 3 is 2.12 bits per heavy atom. The maximum absolute atomic E-state index is 10.2. The third-order valence-electron chi connectivity index (χ3n) is 2.60. The lowest BCUT2D eigenvalue weighted by molar-refractivity contribution is -0.104. The molecule has 17 heavy (non-hydrogen) atoms. The Morgan fingerprint density at radius 1 is 0.824 bits per heavy atom. The van der Waals surface area contributed by atoms with Crippen LogP contribution < -0.4 is 0 Å². The molecule has 0 fully saturated rings. The summed E-state index contributed by atoms with van der Waals surface area (Å²) in [7, 11) is 0. The molecule has 0 heterocycles. The number of allylic oxidation sites excluding steroid dienone is 1. The van der Waals surface area contributed by atoms with Crippen molar-refractivity contribution in [1.82, 2.24) is 0 Å². The molecule has 0 aliphatic heterocycles. The normalized spacial score (nSPS) is 10.6. The van der Waals surface area contributed by atoms with Crippen LogP contribution in [-0.4, -0.2) is 6.29 Å². The SMILES string of the molecule is O=CC=Cc1ccc(Cc2ccccc2)cc1. The first-order valence-electron chi connectivity index (χ1n) is 5.63. The second-order valence-electron chi connectivity index (χ2n) is 3.90. The van der Waals surface area contributed by atoms with Gasteiger partial charge in [0.15, 0.2) is 0 Å². The van der Waals surface area contributed by atoms with Gasteiger partial charge in [-0.25, -0.2) is 0 Å². The number of carbonyl (C=O) groups excluding carboxylic acids is 1. The quantitative estimate of drug-likeness (QED) is 0.571. The van der Waals surface area contributed by atoms with Crippen LogP contribution >= 0.6 is 0 Å². The summed E-state index contributed by atoms with van der Waals surface area (Å²) in [6.45, 7) is 0. The molecule has 0 N–H and O–H groups in total. The van der Waals surface area contributed by atoms with Crippen LogP contribution in [0, 0.1) is 0 Å². The number of benzene rings is 2. The second-order valence-corrected chi connectivity index (χ2v) is 3.90. The summed E-state index contributed by atoms with van der Waals surface area (Å²) in [5, 5.41) is 0. The minimum absolute atomic E-state index is 0.790. The Labute approximate surface area is 101 Å². The summed E-state index contributed by atoms with van der Waals surface area (Å²) in [5.74, 6) is 0. The monoisotopic (exact) mass is 222 g/mol. The minimum atomic E-state index is 0.790. The highest BCUT2D eigenvalue weighted by molar-refractivity contribution is 5.73. The Hall–Kier alpha value is -2.15. The summed E-state index contributed by atoms with van der Waals surface area (Å²) in [6, 6.07) is 18.6. The highest BCUT2D eigenvalue weighted by Crippen LogP contribution is 2.11. The molecule has 0 spiro atoms. The molecule has 0 aliphatic carbocycles. The number of carbonyl (C=O) groups is 1. The van der Waals surface area contributed by atoms with Crippen LogP contribution in [0.25, 0.3) is 6.08 Å². The average molecular weight is 222 g/mol. The predicted molar refractivity (Wildman–Crippen MR) is 70.8 cm³/mol. The molecule has 0 atom stereocenters. The topological polar surface area (TPSA) is 17.1 Å². The van der Waals surface area contributed by atoms with Crippen molar-refractivity contribution >= 4 is 12.4 Å². The van der Waals surface area contributed by atoms with E-state index in [1.165, 1.54) is 17.2 Å². The van der Waals surface area contributed by atoms with Gasteiger partial charge in [-0.1, -0.05) is 60.7 Å². The molecule has 0 saturated carbocycles. The Bertz CT molecular complexity index is 495. The Balaban J connectivity index is 2.08. The van der Waals surface area contributed by atoms with Gasteiger partial charge in [-0.05, 0) is 29.2 Å². The molecule has 0 unspecified atom stereocenters. The Kier molecular flexibility index (Phi) is 3.87. The molecule has 1 nitrogen and oxygen atoms in total. The van der Waals surface area contributed by atoms with E-state index in [0.29, 0.717) is 0 Å². The molecule has 2 aromatic rings. The van der Waals surface area contributed by atoms with Gasteiger partial charge in [-0.15, -0.1) is 0 Å². The number of rotatable bonds is 4. The van der Waals surface area contributed by atoms with Crippen molar-refractivity contribution in [3.05, 3.63) is 77.4 Å². The lowest BCUT2D eigenvalue weighted by Gasteiger charge is -2.02. The van der Waals surface area contributed by atoms with Crippen molar-refractivity contribution < 1.29 is 4.79 Å². The minimum Gasteiger partial charge on any atom is -0.299 e. The van der Waals surface area contributed by atoms with Gasteiger partial charge in [-0.2, -0.15) is 0 Å². The number of aldehydes is 1.